The quantitative estimate of drug-likeness (QED) is 0.831. The lowest BCUT2D eigenvalue weighted by atomic mass is 9.91. The van der Waals surface area contributed by atoms with Gasteiger partial charge in [0.2, 0.25) is 0 Å². The summed E-state index contributed by atoms with van der Waals surface area (Å²) in [6.45, 7) is 1.07. The van der Waals surface area contributed by atoms with Gasteiger partial charge in [0.1, 0.15) is 5.82 Å². The van der Waals surface area contributed by atoms with Crippen LogP contribution in [0.4, 0.5) is 30.7 Å². The lowest BCUT2D eigenvalue weighted by Crippen LogP contribution is -2.55. The molecule has 0 aliphatic rings. The Kier molecular flexibility index (Phi) is 4.32. The minimum atomic E-state index is -6.39. The number of aryl methyl sites for hydroxylation is 1. The van der Waals surface area contributed by atoms with Gasteiger partial charge in [-0.3, -0.25) is 0 Å². The van der Waals surface area contributed by atoms with Gasteiger partial charge in [0.25, 0.3) is 5.60 Å². The van der Waals surface area contributed by atoms with Crippen LogP contribution in [0.15, 0.2) is 17.0 Å². The number of benzene rings is 1. The van der Waals surface area contributed by atoms with E-state index >= 15 is 0 Å². The molecule has 1 aromatic rings. The summed E-state index contributed by atoms with van der Waals surface area (Å²) < 4.78 is 113. The normalized spacial score (nSPS) is 14.3. The van der Waals surface area contributed by atoms with E-state index in [4.69, 9.17) is 0 Å². The summed E-state index contributed by atoms with van der Waals surface area (Å²) in [4.78, 5) is -1.58. The Morgan fingerprint density at radius 3 is 1.73 bits per heavy atom. The van der Waals surface area contributed by atoms with Gasteiger partial charge in [-0.1, -0.05) is 0 Å². The molecule has 3 nitrogen and oxygen atoms in total. The fraction of sp³-hybridized carbons (Fsp3) is 0.455. The Labute approximate surface area is 120 Å². The van der Waals surface area contributed by atoms with Crippen molar-refractivity contribution < 1.29 is 44.3 Å². The van der Waals surface area contributed by atoms with Crippen molar-refractivity contribution in [1.82, 2.24) is 0 Å². The molecule has 0 radical (unpaired) electrons. The molecule has 0 aromatic heterocycles. The van der Waals surface area contributed by atoms with E-state index in [1.165, 1.54) is 0 Å². The molecule has 11 heteroatoms. The molecule has 0 heterocycles. The van der Waals surface area contributed by atoms with E-state index < -0.39 is 44.1 Å². The second-order valence-corrected chi connectivity index (χ2v) is 6.58. The second kappa shape index (κ2) is 5.08. The van der Waals surface area contributed by atoms with Crippen molar-refractivity contribution in [2.75, 3.05) is 6.26 Å². The van der Waals surface area contributed by atoms with E-state index in [-0.39, 0.29) is 11.6 Å². The van der Waals surface area contributed by atoms with Crippen molar-refractivity contribution in [3.8, 4) is 0 Å². The lowest BCUT2D eigenvalue weighted by molar-refractivity contribution is -0.377. The number of sulfone groups is 1. The van der Waals surface area contributed by atoms with E-state index in [1.807, 2.05) is 0 Å². The molecule has 0 saturated heterocycles. The van der Waals surface area contributed by atoms with Gasteiger partial charge < -0.3 is 5.11 Å². The molecule has 0 bridgehead atoms. The largest absolute Gasteiger partial charge is 0.430 e. The minimum Gasteiger partial charge on any atom is -0.369 e. The highest BCUT2D eigenvalue weighted by molar-refractivity contribution is 7.90. The van der Waals surface area contributed by atoms with E-state index in [2.05, 4.69) is 0 Å². The molecular formula is C11H9F7O3S. The van der Waals surface area contributed by atoms with Gasteiger partial charge in [-0.25, -0.2) is 12.8 Å². The zero-order chi connectivity index (χ0) is 17.7. The van der Waals surface area contributed by atoms with Crippen LogP contribution >= 0.6 is 0 Å². The molecule has 0 unspecified atom stereocenters. The molecule has 0 atom stereocenters. The molecule has 0 amide bonds. The number of hydrogen-bond acceptors (Lipinski definition) is 3. The Morgan fingerprint density at radius 1 is 1.00 bits per heavy atom. The van der Waals surface area contributed by atoms with Gasteiger partial charge >= 0.3 is 12.4 Å². The fourth-order valence-electron chi connectivity index (χ4n) is 1.80. The first-order valence-electron chi connectivity index (χ1n) is 5.40. The molecule has 1 rings (SSSR count). The van der Waals surface area contributed by atoms with Crippen LogP contribution in [0.1, 0.15) is 11.1 Å². The summed E-state index contributed by atoms with van der Waals surface area (Å²) >= 11 is 0. The van der Waals surface area contributed by atoms with Crippen molar-refractivity contribution in [3.05, 3.63) is 29.1 Å². The predicted molar refractivity (Wildman–Crippen MR) is 60.3 cm³/mol. The first-order chi connectivity index (χ1) is 9.53. The molecule has 1 aromatic carbocycles. The summed E-state index contributed by atoms with van der Waals surface area (Å²) in [5, 5.41) is 9.22. The van der Waals surface area contributed by atoms with Crippen LogP contribution < -0.4 is 0 Å². The van der Waals surface area contributed by atoms with E-state index in [1.54, 1.807) is 0 Å². The van der Waals surface area contributed by atoms with Crippen molar-refractivity contribution in [1.29, 1.82) is 0 Å². The Balaban J connectivity index is 4.03. The predicted octanol–water partition coefficient (Wildman–Crippen LogP) is 2.85. The molecule has 0 spiro atoms. The number of rotatable bonds is 2. The minimum absolute atomic E-state index is 0.228. The maximum atomic E-state index is 13.8. The van der Waals surface area contributed by atoms with Crippen LogP contribution in [0.2, 0.25) is 0 Å². The number of halogens is 7. The van der Waals surface area contributed by atoms with Crippen LogP contribution in [0.5, 0.6) is 0 Å². The molecule has 22 heavy (non-hydrogen) atoms. The van der Waals surface area contributed by atoms with E-state index in [0.29, 0.717) is 12.3 Å². The van der Waals surface area contributed by atoms with Gasteiger partial charge in [0.05, 0.1) is 10.5 Å². The average molecular weight is 354 g/mol. The monoisotopic (exact) mass is 354 g/mol. The number of hydrogen-bond donors (Lipinski definition) is 1. The Bertz CT molecular complexity index is 675. The summed E-state index contributed by atoms with van der Waals surface area (Å²) in [7, 11) is -4.68. The SMILES string of the molecule is Cc1cc(F)c(C(O)(C(F)(F)F)C(F)(F)F)c(S(C)(=O)=O)c1. The second-order valence-electron chi connectivity index (χ2n) is 4.60. The van der Waals surface area contributed by atoms with Gasteiger partial charge in [0, 0.05) is 6.26 Å². The first-order valence-corrected chi connectivity index (χ1v) is 7.29. The molecule has 0 fully saturated rings. The van der Waals surface area contributed by atoms with Crippen molar-refractivity contribution in [2.24, 2.45) is 0 Å². The van der Waals surface area contributed by atoms with Crippen molar-refractivity contribution in [3.63, 3.8) is 0 Å². The zero-order valence-corrected chi connectivity index (χ0v) is 11.8. The van der Waals surface area contributed by atoms with Crippen molar-refractivity contribution in [2.45, 2.75) is 29.8 Å². The maximum Gasteiger partial charge on any atom is 0.430 e. The van der Waals surface area contributed by atoms with Crippen molar-refractivity contribution >= 4 is 9.84 Å². The van der Waals surface area contributed by atoms with Crippen LogP contribution in [-0.2, 0) is 15.4 Å². The summed E-state index contributed by atoms with van der Waals surface area (Å²) in [5.41, 5.74) is -8.27. The third-order valence-corrected chi connectivity index (χ3v) is 3.90. The average Bonchev–Trinajstić information content (AvgIpc) is 2.22. The number of alkyl halides is 6. The van der Waals surface area contributed by atoms with Gasteiger partial charge in [-0.15, -0.1) is 0 Å². The molecule has 126 valence electrons. The van der Waals surface area contributed by atoms with E-state index in [0.717, 1.165) is 6.92 Å². The first kappa shape index (κ1) is 18.7. The third kappa shape index (κ3) is 2.91. The van der Waals surface area contributed by atoms with Gasteiger partial charge in [-0.05, 0) is 24.6 Å². The molecular weight excluding hydrogens is 345 g/mol. The maximum absolute atomic E-state index is 13.8. The topological polar surface area (TPSA) is 54.4 Å². The third-order valence-electron chi connectivity index (χ3n) is 2.78. The van der Waals surface area contributed by atoms with Crippen LogP contribution in [0.3, 0.4) is 0 Å². The number of aliphatic hydroxyl groups is 1. The Hall–Kier alpha value is -1.36. The summed E-state index contributed by atoms with van der Waals surface area (Å²) in [6.07, 6.45) is -12.5. The standard InChI is InChI=1S/C11H9F7O3S/c1-5-3-6(12)8(7(4-5)22(2,20)21)9(19,10(13,14)15)11(16,17)18/h3-4,19H,1-2H3. The highest BCUT2D eigenvalue weighted by Crippen LogP contribution is 2.52. The van der Waals surface area contributed by atoms with E-state index in [9.17, 15) is 44.3 Å². The Morgan fingerprint density at radius 2 is 1.41 bits per heavy atom. The van der Waals surface area contributed by atoms with Gasteiger partial charge in [0.15, 0.2) is 9.84 Å². The van der Waals surface area contributed by atoms with Crippen LogP contribution in [0, 0.1) is 12.7 Å². The summed E-state index contributed by atoms with van der Waals surface area (Å²) in [6, 6.07) is 0.697. The van der Waals surface area contributed by atoms with Crippen LogP contribution in [0.25, 0.3) is 0 Å². The molecule has 1 N–H and O–H groups in total. The smallest absolute Gasteiger partial charge is 0.369 e. The highest BCUT2D eigenvalue weighted by Gasteiger charge is 2.73. The molecule has 0 saturated carbocycles. The molecule has 0 aliphatic heterocycles. The zero-order valence-electron chi connectivity index (χ0n) is 11.0. The lowest BCUT2D eigenvalue weighted by Gasteiger charge is -2.34. The highest BCUT2D eigenvalue weighted by atomic mass is 32.2. The van der Waals surface area contributed by atoms with Gasteiger partial charge in [-0.2, -0.15) is 26.3 Å². The molecule has 0 aliphatic carbocycles. The summed E-state index contributed by atoms with van der Waals surface area (Å²) in [5.74, 6) is -2.13. The fourth-order valence-corrected chi connectivity index (χ4v) is 2.81. The van der Waals surface area contributed by atoms with Crippen LogP contribution in [-0.4, -0.2) is 32.1 Å².